The third kappa shape index (κ3) is 11.7. The van der Waals surface area contributed by atoms with Crippen molar-refractivity contribution in [2.24, 2.45) is 0 Å². The fourth-order valence-corrected chi connectivity index (χ4v) is 3.63. The van der Waals surface area contributed by atoms with E-state index in [4.69, 9.17) is 9.90 Å². The first kappa shape index (κ1) is 32.0. The van der Waals surface area contributed by atoms with Gasteiger partial charge >= 0.3 is 12.1 Å². The maximum Gasteiger partial charge on any atom is 0.490 e. The monoisotopic (exact) mass is 563 g/mol. The molecule has 4 N–H and O–H groups in total. The van der Waals surface area contributed by atoms with Gasteiger partial charge in [-0.3, -0.25) is 4.79 Å². The number of aromatic nitrogens is 2. The predicted molar refractivity (Wildman–Crippen MR) is 144 cm³/mol. The lowest BCUT2D eigenvalue weighted by Gasteiger charge is -2.20. The van der Waals surface area contributed by atoms with Gasteiger partial charge in [0.05, 0.1) is 0 Å². The maximum atomic E-state index is 13.5. The van der Waals surface area contributed by atoms with Crippen LogP contribution in [0, 0.1) is 12.7 Å². The number of nitrogens with one attached hydrogen (secondary N) is 3. The molecule has 0 aliphatic carbocycles. The Balaban J connectivity index is 0.000000708. The van der Waals surface area contributed by atoms with Crippen molar-refractivity contribution in [1.29, 1.82) is 0 Å². The zero-order valence-electron chi connectivity index (χ0n) is 22.4. The van der Waals surface area contributed by atoms with Crippen LogP contribution in [0.2, 0.25) is 0 Å². The summed E-state index contributed by atoms with van der Waals surface area (Å²) >= 11 is 0. The molecule has 1 unspecified atom stereocenters. The number of benzene rings is 2. The molecule has 1 heterocycles. The number of anilines is 2. The quantitative estimate of drug-likeness (QED) is 0.228. The van der Waals surface area contributed by atoms with Crippen LogP contribution in [-0.2, 0) is 22.6 Å². The van der Waals surface area contributed by atoms with Crippen molar-refractivity contribution < 1.29 is 32.3 Å². The Labute approximate surface area is 230 Å². The van der Waals surface area contributed by atoms with E-state index in [0.717, 1.165) is 24.1 Å². The summed E-state index contributed by atoms with van der Waals surface area (Å²) in [5.41, 5.74) is 2.53. The van der Waals surface area contributed by atoms with Gasteiger partial charge < -0.3 is 21.1 Å². The highest BCUT2D eigenvalue weighted by Gasteiger charge is 2.38. The summed E-state index contributed by atoms with van der Waals surface area (Å²) in [7, 11) is 0. The summed E-state index contributed by atoms with van der Waals surface area (Å²) in [4.78, 5) is 31.1. The van der Waals surface area contributed by atoms with Gasteiger partial charge in [0.1, 0.15) is 17.7 Å². The Morgan fingerprint density at radius 1 is 0.975 bits per heavy atom. The average Bonchev–Trinajstić information content (AvgIpc) is 2.87. The van der Waals surface area contributed by atoms with E-state index in [0.29, 0.717) is 23.8 Å². The molecule has 2 aromatic carbocycles. The molecule has 40 heavy (non-hydrogen) atoms. The number of carboxylic acids is 1. The Morgan fingerprint density at radius 2 is 1.62 bits per heavy atom. The highest BCUT2D eigenvalue weighted by molar-refractivity contribution is 5.84. The Kier molecular flexibility index (Phi) is 12.3. The van der Waals surface area contributed by atoms with E-state index in [9.17, 15) is 22.4 Å². The molecule has 12 heteroatoms. The summed E-state index contributed by atoms with van der Waals surface area (Å²) in [5.74, 6) is -2.15. The van der Waals surface area contributed by atoms with Gasteiger partial charge in [0.15, 0.2) is 0 Å². The molecule has 1 aromatic heterocycles. The largest absolute Gasteiger partial charge is 0.490 e. The molecule has 0 spiro atoms. The third-order valence-corrected chi connectivity index (χ3v) is 5.47. The normalized spacial score (nSPS) is 12.4. The molecule has 0 saturated heterocycles. The maximum absolute atomic E-state index is 13.5. The standard InChI is InChI=1S/C26H32FN5O.C2HF3O2/c1-4-9-18(2)29-26-30-19(3)14-24(32-26)31-23(16-20-10-6-5-7-11-20)25(33)28-17-21-12-8-13-22(27)15-21;3-2(4,5)1(6)7/h5-8,10-15,18,23H,4,9,16-17H2,1-3H3,(H,28,33)(H2,29,30,31,32);(H,6,7)/t18?,23-;/m0./s1. The molecule has 0 saturated carbocycles. The second kappa shape index (κ2) is 15.4. The number of alkyl halides is 3. The Bertz CT molecular complexity index is 1240. The number of hydrogen-bond donors (Lipinski definition) is 4. The average molecular weight is 564 g/mol. The van der Waals surface area contributed by atoms with E-state index in [1.54, 1.807) is 12.1 Å². The molecule has 0 aliphatic rings. The van der Waals surface area contributed by atoms with E-state index in [1.165, 1.54) is 12.1 Å². The van der Waals surface area contributed by atoms with Gasteiger partial charge in [-0.2, -0.15) is 18.2 Å². The third-order valence-electron chi connectivity index (χ3n) is 5.47. The highest BCUT2D eigenvalue weighted by Crippen LogP contribution is 2.16. The van der Waals surface area contributed by atoms with Crippen molar-refractivity contribution in [2.75, 3.05) is 10.6 Å². The lowest BCUT2D eigenvalue weighted by molar-refractivity contribution is -0.192. The molecule has 1 amide bonds. The van der Waals surface area contributed by atoms with Crippen LogP contribution < -0.4 is 16.0 Å². The van der Waals surface area contributed by atoms with E-state index in [2.05, 4.69) is 39.8 Å². The number of carbonyl (C=O) groups excluding carboxylic acids is 1. The van der Waals surface area contributed by atoms with E-state index in [-0.39, 0.29) is 24.3 Å². The van der Waals surface area contributed by atoms with Crippen LogP contribution in [0.1, 0.15) is 43.5 Å². The summed E-state index contributed by atoms with van der Waals surface area (Å²) in [6.07, 6.45) is -2.53. The Hall–Kier alpha value is -4.22. The van der Waals surface area contributed by atoms with Gasteiger partial charge in [-0.05, 0) is 43.5 Å². The molecule has 2 atom stereocenters. The SMILES string of the molecule is CCCC(C)Nc1nc(C)cc(N[C@@H](Cc2ccccc2)C(=O)NCc2cccc(F)c2)n1.O=C(O)C(F)(F)F. The zero-order valence-corrected chi connectivity index (χ0v) is 22.4. The Morgan fingerprint density at radius 3 is 2.23 bits per heavy atom. The number of nitrogens with zero attached hydrogens (tertiary/aromatic N) is 2. The van der Waals surface area contributed by atoms with Gasteiger partial charge in [-0.1, -0.05) is 55.8 Å². The van der Waals surface area contributed by atoms with E-state index >= 15 is 0 Å². The zero-order chi connectivity index (χ0) is 29.7. The number of aliphatic carboxylic acids is 1. The molecule has 3 rings (SSSR count). The topological polar surface area (TPSA) is 116 Å². The molecule has 0 aliphatic heterocycles. The summed E-state index contributed by atoms with van der Waals surface area (Å²) in [6, 6.07) is 17.5. The number of hydrogen-bond acceptors (Lipinski definition) is 6. The summed E-state index contributed by atoms with van der Waals surface area (Å²) in [6.45, 7) is 6.38. The first-order valence-corrected chi connectivity index (χ1v) is 12.6. The summed E-state index contributed by atoms with van der Waals surface area (Å²) < 4.78 is 45.2. The van der Waals surface area contributed by atoms with Gasteiger partial charge in [0, 0.05) is 30.8 Å². The van der Waals surface area contributed by atoms with Crippen LogP contribution in [0.25, 0.3) is 0 Å². The van der Waals surface area contributed by atoms with Crippen molar-refractivity contribution in [2.45, 2.75) is 64.8 Å². The molecule has 8 nitrogen and oxygen atoms in total. The van der Waals surface area contributed by atoms with E-state index < -0.39 is 18.2 Å². The van der Waals surface area contributed by atoms with Gasteiger partial charge in [0.2, 0.25) is 11.9 Å². The molecule has 0 fully saturated rings. The molecule has 0 bridgehead atoms. The number of rotatable bonds is 11. The minimum absolute atomic E-state index is 0.187. The van der Waals surface area contributed by atoms with Gasteiger partial charge in [0.25, 0.3) is 0 Å². The lowest BCUT2D eigenvalue weighted by atomic mass is 10.0. The van der Waals surface area contributed by atoms with Crippen molar-refractivity contribution >= 4 is 23.6 Å². The smallest absolute Gasteiger partial charge is 0.475 e. The predicted octanol–water partition coefficient (Wildman–Crippen LogP) is 5.50. The van der Waals surface area contributed by atoms with Crippen LogP contribution in [0.4, 0.5) is 29.3 Å². The van der Waals surface area contributed by atoms with Crippen molar-refractivity contribution in [1.82, 2.24) is 15.3 Å². The fourth-order valence-electron chi connectivity index (χ4n) is 3.63. The van der Waals surface area contributed by atoms with Crippen molar-refractivity contribution in [3.8, 4) is 0 Å². The van der Waals surface area contributed by atoms with Crippen LogP contribution in [0.15, 0.2) is 60.7 Å². The first-order chi connectivity index (χ1) is 18.9. The van der Waals surface area contributed by atoms with E-state index in [1.807, 2.05) is 43.3 Å². The first-order valence-electron chi connectivity index (χ1n) is 12.6. The fraction of sp³-hybridized carbons (Fsp3) is 0.357. The lowest BCUT2D eigenvalue weighted by Crippen LogP contribution is -2.41. The minimum atomic E-state index is -5.08. The number of aryl methyl sites for hydroxylation is 1. The summed E-state index contributed by atoms with van der Waals surface area (Å²) in [5, 5.41) is 16.7. The number of amides is 1. The molecule has 216 valence electrons. The molecular weight excluding hydrogens is 530 g/mol. The second-order valence-electron chi connectivity index (χ2n) is 9.09. The van der Waals surface area contributed by atoms with Crippen molar-refractivity contribution in [3.05, 3.63) is 83.3 Å². The van der Waals surface area contributed by atoms with Crippen LogP contribution >= 0.6 is 0 Å². The van der Waals surface area contributed by atoms with Crippen LogP contribution in [0.5, 0.6) is 0 Å². The minimum Gasteiger partial charge on any atom is -0.475 e. The van der Waals surface area contributed by atoms with Crippen molar-refractivity contribution in [3.63, 3.8) is 0 Å². The molecular formula is C28H33F4N5O3. The number of carboxylic acid groups (broad SMARTS) is 1. The number of halogens is 4. The second-order valence-corrected chi connectivity index (χ2v) is 9.09. The molecule has 0 radical (unpaired) electrons. The van der Waals surface area contributed by atoms with Gasteiger partial charge in [-0.15, -0.1) is 0 Å². The van der Waals surface area contributed by atoms with Crippen LogP contribution in [0.3, 0.4) is 0 Å². The van der Waals surface area contributed by atoms with Crippen LogP contribution in [-0.4, -0.2) is 45.2 Å². The highest BCUT2D eigenvalue weighted by atomic mass is 19.4. The van der Waals surface area contributed by atoms with Gasteiger partial charge in [-0.25, -0.2) is 14.2 Å². The number of carbonyl (C=O) groups is 2. The molecule has 3 aromatic rings.